The maximum atomic E-state index is 11.3. The molecule has 1 aliphatic heterocycles. The molecule has 1 unspecified atom stereocenters. The zero-order valence-corrected chi connectivity index (χ0v) is 13.9. The molecule has 0 radical (unpaired) electrons. The summed E-state index contributed by atoms with van der Waals surface area (Å²) in [5.41, 5.74) is 2.84. The van der Waals surface area contributed by atoms with Gasteiger partial charge in [0.1, 0.15) is 6.33 Å². The Balaban J connectivity index is 1.96. The smallest absolute Gasteiger partial charge is 0.222 e. The Kier molecular flexibility index (Phi) is 4.43. The molecule has 1 aromatic heterocycles. The molecule has 0 bridgehead atoms. The molecular formula is C17H18N4OS. The summed E-state index contributed by atoms with van der Waals surface area (Å²) < 4.78 is 0. The first-order valence-electron chi connectivity index (χ1n) is 7.43. The van der Waals surface area contributed by atoms with Crippen molar-refractivity contribution in [3.63, 3.8) is 0 Å². The quantitative estimate of drug-likeness (QED) is 0.921. The third kappa shape index (κ3) is 3.59. The third-order valence-electron chi connectivity index (χ3n) is 3.84. The van der Waals surface area contributed by atoms with Crippen molar-refractivity contribution >= 4 is 22.8 Å². The molecule has 2 aromatic rings. The summed E-state index contributed by atoms with van der Waals surface area (Å²) in [6.07, 6.45) is 6.06. The van der Waals surface area contributed by atoms with E-state index in [0.717, 1.165) is 28.9 Å². The third-order valence-corrected chi connectivity index (χ3v) is 4.71. The Morgan fingerprint density at radius 3 is 2.78 bits per heavy atom. The highest BCUT2D eigenvalue weighted by Gasteiger charge is 2.30. The molecule has 0 aliphatic carbocycles. The average molecular weight is 326 g/mol. The van der Waals surface area contributed by atoms with Crippen molar-refractivity contribution in [1.29, 1.82) is 0 Å². The van der Waals surface area contributed by atoms with Crippen molar-refractivity contribution in [3.05, 3.63) is 48.5 Å². The largest absolute Gasteiger partial charge is 0.306 e. The Morgan fingerprint density at radius 1 is 1.26 bits per heavy atom. The van der Waals surface area contributed by atoms with Crippen LogP contribution in [0.25, 0.3) is 11.1 Å². The number of carbonyl (C=O) groups excluding carboxylic acids is 1. The SMILES string of the molecule is CC(=O)NC1=NC(C)(c2cccc(-c3cncnc3)c2)CCS1. The molecule has 1 atom stereocenters. The van der Waals surface area contributed by atoms with Crippen molar-refractivity contribution in [3.8, 4) is 11.1 Å². The highest BCUT2D eigenvalue weighted by atomic mass is 32.2. The number of hydrogen-bond donors (Lipinski definition) is 1. The van der Waals surface area contributed by atoms with Crippen LogP contribution in [0.5, 0.6) is 0 Å². The van der Waals surface area contributed by atoms with Crippen LogP contribution in [-0.2, 0) is 10.3 Å². The van der Waals surface area contributed by atoms with E-state index in [0.29, 0.717) is 5.17 Å². The molecule has 23 heavy (non-hydrogen) atoms. The zero-order chi connectivity index (χ0) is 16.3. The molecule has 0 spiro atoms. The van der Waals surface area contributed by atoms with Crippen LogP contribution in [0.1, 0.15) is 25.8 Å². The van der Waals surface area contributed by atoms with Gasteiger partial charge < -0.3 is 5.32 Å². The fraction of sp³-hybridized carbons (Fsp3) is 0.294. The van der Waals surface area contributed by atoms with E-state index in [2.05, 4.69) is 34.3 Å². The summed E-state index contributed by atoms with van der Waals surface area (Å²) in [4.78, 5) is 24.2. The summed E-state index contributed by atoms with van der Waals surface area (Å²) in [5.74, 6) is 0.838. The van der Waals surface area contributed by atoms with Gasteiger partial charge in [-0.1, -0.05) is 30.0 Å². The normalized spacial score (nSPS) is 20.7. The van der Waals surface area contributed by atoms with Gasteiger partial charge in [0.15, 0.2) is 5.17 Å². The number of thioether (sulfide) groups is 1. The number of carbonyl (C=O) groups is 1. The zero-order valence-electron chi connectivity index (χ0n) is 13.1. The minimum absolute atomic E-state index is 0.0873. The highest BCUT2D eigenvalue weighted by molar-refractivity contribution is 8.13. The summed E-state index contributed by atoms with van der Waals surface area (Å²) in [7, 11) is 0. The Bertz CT molecular complexity index is 747. The van der Waals surface area contributed by atoms with Gasteiger partial charge in [0.05, 0.1) is 5.54 Å². The van der Waals surface area contributed by atoms with Crippen molar-refractivity contribution in [2.45, 2.75) is 25.8 Å². The first-order valence-corrected chi connectivity index (χ1v) is 8.41. The number of amidine groups is 1. The van der Waals surface area contributed by atoms with E-state index in [9.17, 15) is 4.79 Å². The van der Waals surface area contributed by atoms with Crippen molar-refractivity contribution in [2.75, 3.05) is 5.75 Å². The van der Waals surface area contributed by atoms with Crippen LogP contribution in [0, 0.1) is 0 Å². The van der Waals surface area contributed by atoms with E-state index in [4.69, 9.17) is 4.99 Å². The maximum Gasteiger partial charge on any atom is 0.222 e. The number of aliphatic imine (C=N–C) groups is 1. The predicted molar refractivity (Wildman–Crippen MR) is 93.1 cm³/mol. The lowest BCUT2D eigenvalue weighted by atomic mass is 9.88. The molecule has 1 aromatic carbocycles. The Morgan fingerprint density at radius 2 is 2.04 bits per heavy atom. The minimum Gasteiger partial charge on any atom is -0.306 e. The van der Waals surface area contributed by atoms with Gasteiger partial charge in [0, 0.05) is 30.6 Å². The van der Waals surface area contributed by atoms with E-state index in [1.807, 2.05) is 12.1 Å². The van der Waals surface area contributed by atoms with Crippen LogP contribution in [-0.4, -0.2) is 26.8 Å². The maximum absolute atomic E-state index is 11.3. The van der Waals surface area contributed by atoms with Gasteiger partial charge in [-0.25, -0.2) is 9.97 Å². The molecule has 1 amide bonds. The van der Waals surface area contributed by atoms with Crippen LogP contribution in [0.2, 0.25) is 0 Å². The molecule has 0 saturated carbocycles. The number of benzene rings is 1. The lowest BCUT2D eigenvalue weighted by molar-refractivity contribution is -0.117. The summed E-state index contributed by atoms with van der Waals surface area (Å²) in [6.45, 7) is 3.61. The summed E-state index contributed by atoms with van der Waals surface area (Å²) in [5, 5.41) is 3.50. The molecule has 0 saturated heterocycles. The Hall–Kier alpha value is -2.21. The number of nitrogens with zero attached hydrogens (tertiary/aromatic N) is 3. The number of rotatable bonds is 2. The second-order valence-corrected chi connectivity index (χ2v) is 6.76. The molecule has 1 aliphatic rings. The van der Waals surface area contributed by atoms with Crippen LogP contribution < -0.4 is 5.32 Å². The van der Waals surface area contributed by atoms with Gasteiger partial charge in [-0.2, -0.15) is 0 Å². The van der Waals surface area contributed by atoms with Gasteiger partial charge in [-0.05, 0) is 30.5 Å². The van der Waals surface area contributed by atoms with E-state index in [1.54, 1.807) is 24.2 Å². The van der Waals surface area contributed by atoms with E-state index >= 15 is 0 Å². The van der Waals surface area contributed by atoms with Gasteiger partial charge >= 0.3 is 0 Å². The highest BCUT2D eigenvalue weighted by Crippen LogP contribution is 2.36. The van der Waals surface area contributed by atoms with Crippen molar-refractivity contribution < 1.29 is 4.79 Å². The van der Waals surface area contributed by atoms with E-state index in [-0.39, 0.29) is 11.4 Å². The average Bonchev–Trinajstić information content (AvgIpc) is 2.55. The monoisotopic (exact) mass is 326 g/mol. The van der Waals surface area contributed by atoms with E-state index in [1.165, 1.54) is 13.3 Å². The molecule has 118 valence electrons. The topological polar surface area (TPSA) is 67.2 Å². The summed E-state index contributed by atoms with van der Waals surface area (Å²) >= 11 is 1.59. The minimum atomic E-state index is -0.339. The van der Waals surface area contributed by atoms with Gasteiger partial charge in [0.25, 0.3) is 0 Å². The second kappa shape index (κ2) is 6.50. The summed E-state index contributed by atoms with van der Waals surface area (Å²) in [6, 6.07) is 8.28. The van der Waals surface area contributed by atoms with Crippen LogP contribution in [0.3, 0.4) is 0 Å². The predicted octanol–water partition coefficient (Wildman–Crippen LogP) is 2.99. The van der Waals surface area contributed by atoms with Crippen molar-refractivity contribution in [2.24, 2.45) is 4.99 Å². The first kappa shape index (κ1) is 15.7. The molecule has 2 heterocycles. The number of nitrogens with one attached hydrogen (secondary N) is 1. The molecule has 1 N–H and O–H groups in total. The molecule has 5 nitrogen and oxygen atoms in total. The van der Waals surface area contributed by atoms with Crippen molar-refractivity contribution in [1.82, 2.24) is 15.3 Å². The van der Waals surface area contributed by atoms with Gasteiger partial charge in [0.2, 0.25) is 5.91 Å². The lowest BCUT2D eigenvalue weighted by Crippen LogP contribution is -2.34. The Labute approximate surface area is 139 Å². The fourth-order valence-electron chi connectivity index (χ4n) is 2.56. The van der Waals surface area contributed by atoms with Gasteiger partial charge in [-0.15, -0.1) is 0 Å². The fourth-order valence-corrected chi connectivity index (χ4v) is 3.74. The lowest BCUT2D eigenvalue weighted by Gasteiger charge is -2.31. The molecular weight excluding hydrogens is 308 g/mol. The number of amides is 1. The standard InChI is InChI=1S/C17H18N4OS/c1-12(22)20-16-21-17(2,6-7-23-16)15-5-3-4-13(8-15)14-9-18-11-19-10-14/h3-5,8-11H,6-7H2,1-2H3,(H,20,21,22). The number of hydrogen-bond acceptors (Lipinski definition) is 5. The first-order chi connectivity index (χ1) is 11.1. The van der Waals surface area contributed by atoms with Crippen LogP contribution in [0.15, 0.2) is 48.0 Å². The second-order valence-electron chi connectivity index (χ2n) is 5.68. The molecule has 3 rings (SSSR count). The molecule has 0 fully saturated rings. The van der Waals surface area contributed by atoms with Gasteiger partial charge in [-0.3, -0.25) is 9.79 Å². The number of aromatic nitrogens is 2. The van der Waals surface area contributed by atoms with E-state index < -0.39 is 0 Å². The van der Waals surface area contributed by atoms with Crippen LogP contribution in [0.4, 0.5) is 0 Å². The van der Waals surface area contributed by atoms with Crippen LogP contribution >= 0.6 is 11.8 Å². The molecule has 6 heteroatoms.